The number of aliphatic hydroxyl groups is 1. The summed E-state index contributed by atoms with van der Waals surface area (Å²) in [6.45, 7) is -3.67. The highest BCUT2D eigenvalue weighted by Crippen LogP contribution is 2.38. The molecule has 1 aliphatic rings. The normalized spacial score (nSPS) is 16.3. The molecule has 2 aromatic rings. The first-order valence-electron chi connectivity index (χ1n) is 8.83. The van der Waals surface area contributed by atoms with Gasteiger partial charge in [0.25, 0.3) is 5.91 Å². The van der Waals surface area contributed by atoms with E-state index in [4.69, 9.17) is 0 Å². The molecule has 0 bridgehead atoms. The molecule has 0 aliphatic carbocycles. The van der Waals surface area contributed by atoms with Gasteiger partial charge in [-0.3, -0.25) is 9.59 Å². The first-order valence-corrected chi connectivity index (χ1v) is 8.83. The number of nitrogens with zero attached hydrogens (tertiary/aromatic N) is 1. The topological polar surface area (TPSA) is 66.8 Å². The van der Waals surface area contributed by atoms with Crippen LogP contribution >= 0.6 is 0 Å². The number of amides is 1. The average Bonchev–Trinajstić information content (AvgIpc) is 3.03. The zero-order valence-corrected chi connectivity index (χ0v) is 15.6. The number of β-amino-alcohol motifs (C(OH)–C–C–N with tert-alkyl or cyclic N) is 1. The maximum absolute atomic E-state index is 13.6. The van der Waals surface area contributed by atoms with Crippen molar-refractivity contribution in [3.8, 4) is 28.7 Å². The molecule has 2 aromatic carbocycles. The second kappa shape index (κ2) is 8.73. The van der Waals surface area contributed by atoms with Gasteiger partial charge in [-0.1, -0.05) is 24.1 Å². The van der Waals surface area contributed by atoms with Gasteiger partial charge < -0.3 is 14.7 Å². The summed E-state index contributed by atoms with van der Waals surface area (Å²) in [7, 11) is 0. The Balaban J connectivity index is 1.92. The molecule has 0 radical (unpaired) electrons. The van der Waals surface area contributed by atoms with Crippen LogP contribution < -0.4 is 4.74 Å². The zero-order valence-electron chi connectivity index (χ0n) is 15.6. The number of carbonyl (C=O) groups excluding carboxylic acids is 2. The van der Waals surface area contributed by atoms with Crippen LogP contribution in [-0.4, -0.2) is 47.5 Å². The van der Waals surface area contributed by atoms with Crippen LogP contribution in [-0.2, 0) is 15.8 Å². The molecule has 0 saturated carbocycles. The summed E-state index contributed by atoms with van der Waals surface area (Å²) in [5.74, 6) is 2.83. The average molecular weight is 439 g/mol. The number of aliphatic hydroxyl groups excluding tert-OH is 1. The van der Waals surface area contributed by atoms with Crippen molar-refractivity contribution in [1.82, 2.24) is 4.90 Å². The number of hydrogen-bond donors (Lipinski definition) is 1. The summed E-state index contributed by atoms with van der Waals surface area (Å²) in [4.78, 5) is 24.3. The second-order valence-corrected chi connectivity index (χ2v) is 6.58. The Kier molecular flexibility index (Phi) is 6.27. The van der Waals surface area contributed by atoms with Crippen LogP contribution in [0.2, 0.25) is 0 Å². The lowest BCUT2D eigenvalue weighted by atomic mass is 9.97. The Labute approximate surface area is 173 Å². The fourth-order valence-electron chi connectivity index (χ4n) is 2.98. The molecule has 0 aromatic heterocycles. The minimum atomic E-state index is -4.79. The van der Waals surface area contributed by atoms with Crippen LogP contribution in [0.15, 0.2) is 42.5 Å². The Morgan fingerprint density at radius 3 is 2.55 bits per heavy atom. The quantitative estimate of drug-likeness (QED) is 0.590. The molecule has 0 spiro atoms. The van der Waals surface area contributed by atoms with Crippen molar-refractivity contribution in [2.24, 2.45) is 0 Å². The van der Waals surface area contributed by atoms with E-state index in [2.05, 4.69) is 16.6 Å². The molecule has 0 unspecified atom stereocenters. The highest BCUT2D eigenvalue weighted by Gasteiger charge is 2.34. The van der Waals surface area contributed by atoms with Gasteiger partial charge in [-0.25, -0.2) is 0 Å². The molecular formula is C21H14F5NO4. The van der Waals surface area contributed by atoms with Crippen molar-refractivity contribution in [3.05, 3.63) is 53.6 Å². The number of rotatable bonds is 3. The molecule has 3 rings (SSSR count). The summed E-state index contributed by atoms with van der Waals surface area (Å²) < 4.78 is 69.9. The summed E-state index contributed by atoms with van der Waals surface area (Å²) in [6, 6.07) is 7.94. The van der Waals surface area contributed by atoms with E-state index in [-0.39, 0.29) is 35.5 Å². The number of carbonyl (C=O) groups is 2. The van der Waals surface area contributed by atoms with Gasteiger partial charge in [-0.05, 0) is 35.4 Å². The summed E-state index contributed by atoms with van der Waals surface area (Å²) in [6.07, 6.45) is -6.09. The minimum Gasteiger partial charge on any atom is -0.435 e. The van der Waals surface area contributed by atoms with Crippen LogP contribution in [0, 0.1) is 11.8 Å². The van der Waals surface area contributed by atoms with Crippen LogP contribution in [0.1, 0.15) is 11.1 Å². The number of Topliss-reactive ketones (excluding diaryl/α,β-unsaturated/α-hetero) is 1. The fraction of sp³-hybridized carbons (Fsp3) is 0.238. The number of alkyl halides is 5. The maximum atomic E-state index is 13.6. The van der Waals surface area contributed by atoms with Gasteiger partial charge in [-0.15, -0.1) is 0 Å². The lowest BCUT2D eigenvalue weighted by Crippen LogP contribution is -2.28. The predicted octanol–water partition coefficient (Wildman–Crippen LogP) is 3.10. The van der Waals surface area contributed by atoms with Gasteiger partial charge in [0, 0.05) is 11.5 Å². The number of hydrogen-bond acceptors (Lipinski definition) is 4. The summed E-state index contributed by atoms with van der Waals surface area (Å²) in [5, 5.41) is 9.37. The standard InChI is InChI=1S/C21H14F5NO4/c22-20(23)31-14-3-1-2-13(9-14)15-6-4-12(8-16(15)21(24,25)26)5-7-19(30)27-10-17(28)18(29)11-27/h1-4,6,8-9,17,20,28H,10-11H2/t17-/m1/s1. The van der Waals surface area contributed by atoms with E-state index < -0.39 is 36.1 Å². The van der Waals surface area contributed by atoms with E-state index in [1.807, 2.05) is 0 Å². The third-order valence-electron chi connectivity index (χ3n) is 4.41. The number of ketones is 1. The molecular weight excluding hydrogens is 425 g/mol. The van der Waals surface area contributed by atoms with E-state index >= 15 is 0 Å². The summed E-state index contributed by atoms with van der Waals surface area (Å²) in [5.41, 5.74) is -1.47. The van der Waals surface area contributed by atoms with E-state index in [0.717, 1.165) is 23.1 Å². The largest absolute Gasteiger partial charge is 0.435 e. The third kappa shape index (κ3) is 5.38. The van der Waals surface area contributed by atoms with Crippen LogP contribution in [0.5, 0.6) is 5.75 Å². The minimum absolute atomic E-state index is 0.00521. The molecule has 1 fully saturated rings. The van der Waals surface area contributed by atoms with Gasteiger partial charge in [0.1, 0.15) is 11.9 Å². The van der Waals surface area contributed by atoms with Crippen LogP contribution in [0.3, 0.4) is 0 Å². The number of likely N-dealkylation sites (tertiary alicyclic amines) is 1. The van der Waals surface area contributed by atoms with Crippen molar-refractivity contribution in [2.45, 2.75) is 18.9 Å². The Morgan fingerprint density at radius 1 is 1.19 bits per heavy atom. The molecule has 31 heavy (non-hydrogen) atoms. The summed E-state index contributed by atoms with van der Waals surface area (Å²) >= 11 is 0. The number of ether oxygens (including phenoxy) is 1. The monoisotopic (exact) mass is 439 g/mol. The SMILES string of the molecule is O=C1CN(C(=O)C#Cc2ccc(-c3cccc(OC(F)F)c3)c(C(F)(F)F)c2)C[C@H]1O. The molecule has 1 amide bonds. The highest BCUT2D eigenvalue weighted by molar-refractivity contribution is 5.99. The fourth-order valence-corrected chi connectivity index (χ4v) is 2.98. The molecule has 1 atom stereocenters. The first-order chi connectivity index (χ1) is 14.5. The molecule has 1 saturated heterocycles. The van der Waals surface area contributed by atoms with E-state index in [9.17, 15) is 36.6 Å². The van der Waals surface area contributed by atoms with Gasteiger partial charge in [0.15, 0.2) is 5.78 Å². The number of halogens is 5. The smallest absolute Gasteiger partial charge is 0.417 e. The van der Waals surface area contributed by atoms with E-state index in [1.165, 1.54) is 24.3 Å². The Morgan fingerprint density at radius 2 is 1.94 bits per heavy atom. The molecule has 162 valence electrons. The molecule has 1 N–H and O–H groups in total. The second-order valence-electron chi connectivity index (χ2n) is 6.58. The van der Waals surface area contributed by atoms with Crippen molar-refractivity contribution < 1.29 is 41.4 Å². The molecule has 5 nitrogen and oxygen atoms in total. The Hall–Kier alpha value is -3.45. The van der Waals surface area contributed by atoms with E-state index in [0.29, 0.717) is 0 Å². The van der Waals surface area contributed by atoms with Crippen LogP contribution in [0.25, 0.3) is 11.1 Å². The molecule has 1 aliphatic heterocycles. The van der Waals surface area contributed by atoms with Gasteiger partial charge in [0.05, 0.1) is 18.7 Å². The lowest BCUT2D eigenvalue weighted by Gasteiger charge is -2.14. The third-order valence-corrected chi connectivity index (χ3v) is 4.41. The number of benzene rings is 2. The maximum Gasteiger partial charge on any atom is 0.417 e. The molecule has 1 heterocycles. The van der Waals surface area contributed by atoms with Gasteiger partial charge >= 0.3 is 12.8 Å². The van der Waals surface area contributed by atoms with Crippen molar-refractivity contribution in [1.29, 1.82) is 0 Å². The van der Waals surface area contributed by atoms with Gasteiger partial charge in [0.2, 0.25) is 0 Å². The lowest BCUT2D eigenvalue weighted by molar-refractivity contribution is -0.137. The van der Waals surface area contributed by atoms with E-state index in [1.54, 1.807) is 0 Å². The van der Waals surface area contributed by atoms with Crippen molar-refractivity contribution >= 4 is 11.7 Å². The predicted molar refractivity (Wildman–Crippen MR) is 98.0 cm³/mol. The zero-order chi connectivity index (χ0) is 22.8. The van der Waals surface area contributed by atoms with Crippen LogP contribution in [0.4, 0.5) is 22.0 Å². The highest BCUT2D eigenvalue weighted by atomic mass is 19.4. The van der Waals surface area contributed by atoms with Gasteiger partial charge in [-0.2, -0.15) is 22.0 Å². The first kappa shape index (κ1) is 22.2. The van der Waals surface area contributed by atoms with Crippen molar-refractivity contribution in [3.63, 3.8) is 0 Å². The van der Waals surface area contributed by atoms with Crippen molar-refractivity contribution in [2.75, 3.05) is 13.1 Å². The molecule has 10 heteroatoms. The Bertz CT molecular complexity index is 1070.